The number of hydrogen-bond donors (Lipinski definition) is 0. The second-order valence-corrected chi connectivity index (χ2v) is 8.71. The van der Waals surface area contributed by atoms with E-state index in [4.69, 9.17) is 46.4 Å². The van der Waals surface area contributed by atoms with E-state index < -0.39 is 19.3 Å². The molecule has 0 amide bonds. The maximum Gasteiger partial charge on any atom is 0.192 e. The number of sulfone groups is 1. The van der Waals surface area contributed by atoms with Gasteiger partial charge in [-0.2, -0.15) is 0 Å². The summed E-state index contributed by atoms with van der Waals surface area (Å²) in [5.41, 5.74) is 0.835. The standard InChI is InChI=1S/C14H10Cl4O2S/c15-11-5-1-9(2-6-11)13(17)21(19,20)14(18)10-3-7-12(16)8-4-10/h1-8,13-14H. The summed E-state index contributed by atoms with van der Waals surface area (Å²) in [6, 6.07) is 12.5. The largest absolute Gasteiger partial charge is 0.225 e. The molecule has 2 rings (SSSR count). The smallest absolute Gasteiger partial charge is 0.192 e. The third kappa shape index (κ3) is 3.85. The lowest BCUT2D eigenvalue weighted by Gasteiger charge is -2.16. The van der Waals surface area contributed by atoms with Crippen molar-refractivity contribution in [1.29, 1.82) is 0 Å². The molecule has 21 heavy (non-hydrogen) atoms. The Labute approximate surface area is 143 Å². The van der Waals surface area contributed by atoms with Gasteiger partial charge in [-0.3, -0.25) is 0 Å². The first-order chi connectivity index (χ1) is 9.82. The van der Waals surface area contributed by atoms with Crippen molar-refractivity contribution in [2.45, 2.75) is 9.42 Å². The Morgan fingerprint density at radius 3 is 1.24 bits per heavy atom. The molecule has 2 aromatic carbocycles. The summed E-state index contributed by atoms with van der Waals surface area (Å²) in [5.74, 6) is 0. The molecule has 7 heteroatoms. The summed E-state index contributed by atoms with van der Waals surface area (Å²) in [4.78, 5) is 0. The van der Waals surface area contributed by atoms with Gasteiger partial charge in [-0.25, -0.2) is 8.42 Å². The van der Waals surface area contributed by atoms with Gasteiger partial charge in [-0.15, -0.1) is 23.2 Å². The summed E-state index contributed by atoms with van der Waals surface area (Å²) in [6.45, 7) is 0. The zero-order valence-corrected chi connectivity index (χ0v) is 14.4. The van der Waals surface area contributed by atoms with Crippen LogP contribution in [-0.2, 0) is 9.84 Å². The predicted octanol–water partition coefficient (Wildman–Crippen LogP) is 5.58. The van der Waals surface area contributed by atoms with E-state index in [-0.39, 0.29) is 0 Å². The summed E-state index contributed by atoms with van der Waals surface area (Å²) < 4.78 is 22.4. The van der Waals surface area contributed by atoms with E-state index in [9.17, 15) is 8.42 Å². The minimum atomic E-state index is -3.83. The fraction of sp³-hybridized carbons (Fsp3) is 0.143. The van der Waals surface area contributed by atoms with Crippen LogP contribution in [0.2, 0.25) is 10.0 Å². The first-order valence-corrected chi connectivity index (χ1v) is 9.08. The van der Waals surface area contributed by atoms with Crippen molar-refractivity contribution in [2.24, 2.45) is 0 Å². The highest BCUT2D eigenvalue weighted by Gasteiger charge is 2.33. The van der Waals surface area contributed by atoms with Crippen molar-refractivity contribution in [3.63, 3.8) is 0 Å². The van der Waals surface area contributed by atoms with Crippen molar-refractivity contribution in [1.82, 2.24) is 0 Å². The predicted molar refractivity (Wildman–Crippen MR) is 89.0 cm³/mol. The molecule has 0 aliphatic rings. The Morgan fingerprint density at radius 2 is 0.952 bits per heavy atom. The first kappa shape index (κ1) is 16.9. The zero-order chi connectivity index (χ0) is 15.6. The van der Waals surface area contributed by atoms with Gasteiger partial charge in [0.25, 0.3) is 0 Å². The Balaban J connectivity index is 2.32. The second-order valence-electron chi connectivity index (χ2n) is 4.32. The van der Waals surface area contributed by atoms with E-state index in [1.807, 2.05) is 0 Å². The van der Waals surface area contributed by atoms with Crippen LogP contribution >= 0.6 is 46.4 Å². The maximum atomic E-state index is 12.5. The highest BCUT2D eigenvalue weighted by molar-refractivity contribution is 7.94. The van der Waals surface area contributed by atoms with E-state index in [2.05, 4.69) is 0 Å². The van der Waals surface area contributed by atoms with Crippen molar-refractivity contribution in [3.05, 3.63) is 69.7 Å². The van der Waals surface area contributed by atoms with Gasteiger partial charge in [0.15, 0.2) is 19.3 Å². The summed E-state index contributed by atoms with van der Waals surface area (Å²) in [5, 5.41) is 1.00. The van der Waals surface area contributed by atoms with Crippen LogP contribution < -0.4 is 0 Å². The molecule has 0 radical (unpaired) electrons. The highest BCUT2D eigenvalue weighted by atomic mass is 35.5. The molecule has 2 atom stereocenters. The molecule has 2 unspecified atom stereocenters. The van der Waals surface area contributed by atoms with Gasteiger partial charge >= 0.3 is 0 Å². The number of alkyl halides is 2. The Hall–Kier alpha value is -0.450. The lowest BCUT2D eigenvalue weighted by Crippen LogP contribution is -2.14. The lowest BCUT2D eigenvalue weighted by molar-refractivity contribution is 0.591. The average molecular weight is 384 g/mol. The van der Waals surface area contributed by atoms with Crippen LogP contribution in [0.1, 0.15) is 20.5 Å². The van der Waals surface area contributed by atoms with Crippen molar-refractivity contribution >= 4 is 56.2 Å². The topological polar surface area (TPSA) is 34.1 Å². The summed E-state index contributed by atoms with van der Waals surface area (Å²) >= 11 is 23.7. The zero-order valence-electron chi connectivity index (χ0n) is 10.5. The van der Waals surface area contributed by atoms with Crippen molar-refractivity contribution in [3.8, 4) is 0 Å². The first-order valence-electron chi connectivity index (χ1n) is 5.84. The third-order valence-electron chi connectivity index (χ3n) is 2.84. The molecular formula is C14H10Cl4O2S. The normalized spacial score (nSPS) is 14.7. The highest BCUT2D eigenvalue weighted by Crippen LogP contribution is 2.39. The molecule has 0 aliphatic carbocycles. The number of halogens is 4. The van der Waals surface area contributed by atoms with Crippen LogP contribution in [0, 0.1) is 0 Å². The summed E-state index contributed by atoms with van der Waals surface area (Å²) in [6.07, 6.45) is 0. The number of benzene rings is 2. The van der Waals surface area contributed by atoms with Crippen LogP contribution in [0.5, 0.6) is 0 Å². The Bertz CT molecular complexity index is 654. The van der Waals surface area contributed by atoms with Gasteiger partial charge < -0.3 is 0 Å². The molecule has 2 aromatic rings. The van der Waals surface area contributed by atoms with Gasteiger partial charge in [0.05, 0.1) is 0 Å². The molecule has 0 heterocycles. The minimum absolute atomic E-state index is 0.417. The van der Waals surface area contributed by atoms with Crippen LogP contribution in [0.25, 0.3) is 0 Å². The van der Waals surface area contributed by atoms with Crippen LogP contribution in [0.4, 0.5) is 0 Å². The Kier molecular flexibility index (Phi) is 5.44. The molecule has 0 saturated heterocycles. The van der Waals surface area contributed by atoms with E-state index >= 15 is 0 Å². The number of hydrogen-bond acceptors (Lipinski definition) is 2. The quantitative estimate of drug-likeness (QED) is 0.645. The number of rotatable bonds is 4. The van der Waals surface area contributed by atoms with Crippen LogP contribution in [-0.4, -0.2) is 8.42 Å². The fourth-order valence-corrected chi connectivity index (χ4v) is 4.31. The monoisotopic (exact) mass is 382 g/mol. The molecule has 0 aromatic heterocycles. The van der Waals surface area contributed by atoms with E-state index in [1.165, 1.54) is 0 Å². The second kappa shape index (κ2) is 6.76. The van der Waals surface area contributed by atoms with Crippen LogP contribution in [0.3, 0.4) is 0 Å². The molecular weight excluding hydrogens is 374 g/mol. The van der Waals surface area contributed by atoms with Gasteiger partial charge in [0.1, 0.15) is 0 Å². The molecule has 0 spiro atoms. The van der Waals surface area contributed by atoms with Gasteiger partial charge in [-0.05, 0) is 35.4 Å². The SMILES string of the molecule is O=S(=O)(C(Cl)c1ccc(Cl)cc1)C(Cl)c1ccc(Cl)cc1. The third-order valence-corrected chi connectivity index (χ3v) is 7.04. The molecule has 0 aliphatic heterocycles. The molecule has 0 N–H and O–H groups in total. The van der Waals surface area contributed by atoms with E-state index in [1.54, 1.807) is 48.5 Å². The van der Waals surface area contributed by atoms with Crippen LogP contribution in [0.15, 0.2) is 48.5 Å². The molecule has 112 valence electrons. The minimum Gasteiger partial charge on any atom is -0.225 e. The van der Waals surface area contributed by atoms with E-state index in [0.29, 0.717) is 21.2 Å². The van der Waals surface area contributed by atoms with E-state index in [0.717, 1.165) is 0 Å². The average Bonchev–Trinajstić information content (AvgIpc) is 2.47. The van der Waals surface area contributed by atoms with Crippen molar-refractivity contribution in [2.75, 3.05) is 0 Å². The molecule has 2 nitrogen and oxygen atoms in total. The molecule has 0 fully saturated rings. The van der Waals surface area contributed by atoms with Gasteiger partial charge in [-0.1, -0.05) is 47.5 Å². The van der Waals surface area contributed by atoms with Crippen molar-refractivity contribution < 1.29 is 8.42 Å². The maximum absolute atomic E-state index is 12.5. The lowest BCUT2D eigenvalue weighted by atomic mass is 10.2. The molecule has 0 bridgehead atoms. The summed E-state index contributed by atoms with van der Waals surface area (Å²) in [7, 11) is -3.83. The van der Waals surface area contributed by atoms with Gasteiger partial charge in [0.2, 0.25) is 0 Å². The fourth-order valence-electron chi connectivity index (χ4n) is 1.71. The van der Waals surface area contributed by atoms with Gasteiger partial charge in [0, 0.05) is 10.0 Å². The molecule has 0 saturated carbocycles. The Morgan fingerprint density at radius 1 is 0.667 bits per heavy atom.